The van der Waals surface area contributed by atoms with E-state index in [1.54, 1.807) is 23.7 Å². The second-order valence-corrected chi connectivity index (χ2v) is 6.74. The van der Waals surface area contributed by atoms with Crippen molar-refractivity contribution >= 4 is 22.7 Å². The van der Waals surface area contributed by atoms with Crippen LogP contribution in [0.4, 0.5) is 5.82 Å². The third kappa shape index (κ3) is 2.90. The van der Waals surface area contributed by atoms with E-state index in [4.69, 9.17) is 0 Å². The Morgan fingerprint density at radius 1 is 1.12 bits per heavy atom. The van der Waals surface area contributed by atoms with Crippen LogP contribution < -0.4 is 5.32 Å². The third-order valence-electron chi connectivity index (χ3n) is 4.14. The first-order valence-electron chi connectivity index (χ1n) is 7.94. The van der Waals surface area contributed by atoms with Crippen molar-refractivity contribution < 1.29 is 0 Å². The van der Waals surface area contributed by atoms with Crippen LogP contribution in [-0.4, -0.2) is 14.6 Å². The van der Waals surface area contributed by atoms with E-state index in [1.165, 1.54) is 16.0 Å². The van der Waals surface area contributed by atoms with Crippen LogP contribution in [0.1, 0.15) is 22.0 Å². The van der Waals surface area contributed by atoms with Gasteiger partial charge in [0, 0.05) is 17.3 Å². The smallest absolute Gasteiger partial charge is 0.152 e. The maximum absolute atomic E-state index is 4.53. The summed E-state index contributed by atoms with van der Waals surface area (Å²) in [6.07, 6.45) is 6.36. The Balaban J connectivity index is 1.70. The number of benzene rings is 1. The average Bonchev–Trinajstić information content (AvgIpc) is 3.24. The minimum absolute atomic E-state index is 0.181. The van der Waals surface area contributed by atoms with Crippen molar-refractivity contribution in [2.24, 2.45) is 0 Å². The van der Waals surface area contributed by atoms with Gasteiger partial charge in [0.2, 0.25) is 0 Å². The van der Waals surface area contributed by atoms with E-state index in [1.807, 2.05) is 16.8 Å². The monoisotopic (exact) mass is 334 g/mol. The molecule has 0 saturated carbocycles. The minimum atomic E-state index is 0.181. The van der Waals surface area contributed by atoms with Crippen molar-refractivity contribution in [1.29, 1.82) is 0 Å². The molecule has 5 heteroatoms. The zero-order valence-corrected chi connectivity index (χ0v) is 14.2. The maximum atomic E-state index is 4.53. The van der Waals surface area contributed by atoms with Crippen LogP contribution in [0.3, 0.4) is 0 Å². The molecule has 4 aromatic rings. The molecule has 1 aromatic carbocycles. The summed E-state index contributed by atoms with van der Waals surface area (Å²) in [7, 11) is 0. The summed E-state index contributed by atoms with van der Waals surface area (Å²) in [5.74, 6) is 0.865. The molecule has 0 aliphatic rings. The molecule has 3 heterocycles. The van der Waals surface area contributed by atoms with Crippen LogP contribution in [0.2, 0.25) is 0 Å². The van der Waals surface area contributed by atoms with Crippen molar-refractivity contribution in [3.8, 4) is 0 Å². The summed E-state index contributed by atoms with van der Waals surface area (Å²) in [5, 5.41) is 10.1. The Morgan fingerprint density at radius 2 is 2.00 bits per heavy atom. The second-order valence-electron chi connectivity index (χ2n) is 5.79. The fourth-order valence-electron chi connectivity index (χ4n) is 2.93. The molecule has 4 rings (SSSR count). The second kappa shape index (κ2) is 6.45. The van der Waals surface area contributed by atoms with E-state index < -0.39 is 0 Å². The van der Waals surface area contributed by atoms with E-state index in [9.17, 15) is 0 Å². The zero-order chi connectivity index (χ0) is 16.4. The van der Waals surface area contributed by atoms with Crippen LogP contribution in [0, 0.1) is 6.92 Å². The first-order valence-corrected chi connectivity index (χ1v) is 8.82. The molecule has 1 N–H and O–H groups in total. The van der Waals surface area contributed by atoms with Crippen LogP contribution >= 0.6 is 11.3 Å². The van der Waals surface area contributed by atoms with Crippen molar-refractivity contribution in [3.63, 3.8) is 0 Å². The molecule has 0 fully saturated rings. The fourth-order valence-corrected chi connectivity index (χ4v) is 3.91. The van der Waals surface area contributed by atoms with E-state index in [0.717, 1.165) is 17.8 Å². The van der Waals surface area contributed by atoms with E-state index in [0.29, 0.717) is 0 Å². The van der Waals surface area contributed by atoms with Gasteiger partial charge in [0.1, 0.15) is 5.52 Å². The summed E-state index contributed by atoms with van der Waals surface area (Å²) >= 11 is 1.79. The lowest BCUT2D eigenvalue weighted by molar-refractivity contribution is 0.779. The fraction of sp³-hybridized carbons (Fsp3) is 0.158. The topological polar surface area (TPSA) is 42.2 Å². The predicted molar refractivity (Wildman–Crippen MR) is 98.6 cm³/mol. The van der Waals surface area contributed by atoms with E-state index in [2.05, 4.69) is 64.1 Å². The highest BCUT2D eigenvalue weighted by Gasteiger charge is 2.18. The van der Waals surface area contributed by atoms with Crippen molar-refractivity contribution in [2.75, 3.05) is 5.32 Å². The average molecular weight is 334 g/mol. The molecule has 0 saturated heterocycles. The van der Waals surface area contributed by atoms with Gasteiger partial charge in [0.25, 0.3) is 0 Å². The number of anilines is 1. The third-order valence-corrected chi connectivity index (χ3v) is 5.27. The quantitative estimate of drug-likeness (QED) is 0.584. The van der Waals surface area contributed by atoms with Gasteiger partial charge in [-0.2, -0.15) is 5.10 Å². The molecule has 0 spiro atoms. The number of aromatic nitrogens is 3. The predicted octanol–water partition coefficient (Wildman–Crippen LogP) is 4.50. The molecule has 1 atom stereocenters. The Bertz CT molecular complexity index is 942. The van der Waals surface area contributed by atoms with Crippen LogP contribution in [-0.2, 0) is 6.42 Å². The number of rotatable bonds is 5. The molecule has 0 radical (unpaired) electrons. The van der Waals surface area contributed by atoms with E-state index >= 15 is 0 Å². The van der Waals surface area contributed by atoms with Gasteiger partial charge in [-0.1, -0.05) is 30.3 Å². The van der Waals surface area contributed by atoms with Gasteiger partial charge in [-0.25, -0.2) is 9.50 Å². The Labute approximate surface area is 144 Å². The van der Waals surface area contributed by atoms with Crippen molar-refractivity contribution in [1.82, 2.24) is 14.6 Å². The van der Waals surface area contributed by atoms with Gasteiger partial charge in [-0.15, -0.1) is 11.3 Å². The number of hydrogen-bond donors (Lipinski definition) is 1. The SMILES string of the molecule is Cc1ccsc1C(Cc1ccccc1)Nc1nccn2nccc12. The Morgan fingerprint density at radius 3 is 2.79 bits per heavy atom. The van der Waals surface area contributed by atoms with Gasteiger partial charge in [-0.3, -0.25) is 0 Å². The number of aryl methyl sites for hydroxylation is 1. The first-order chi connectivity index (χ1) is 11.8. The lowest BCUT2D eigenvalue weighted by atomic mass is 10.0. The number of hydrogen-bond acceptors (Lipinski definition) is 4. The van der Waals surface area contributed by atoms with Crippen LogP contribution in [0.25, 0.3) is 5.52 Å². The molecular formula is C19H18N4S. The Hall–Kier alpha value is -2.66. The van der Waals surface area contributed by atoms with Gasteiger partial charge in [0.15, 0.2) is 5.82 Å². The highest BCUT2D eigenvalue weighted by Crippen LogP contribution is 2.30. The van der Waals surface area contributed by atoms with Gasteiger partial charge in [0.05, 0.1) is 12.2 Å². The molecular weight excluding hydrogens is 316 g/mol. The standard InChI is InChI=1S/C19H18N4S/c1-14-8-12-24-18(14)16(13-15-5-3-2-4-6-15)22-19-17-7-9-21-23(17)11-10-20-19/h2-12,16H,13H2,1H3,(H,20,22). The minimum Gasteiger partial charge on any atom is -0.360 e. The molecule has 0 aliphatic heterocycles. The van der Waals surface area contributed by atoms with Gasteiger partial charge in [-0.05, 0) is 42.0 Å². The Kier molecular flexibility index (Phi) is 4.01. The summed E-state index contributed by atoms with van der Waals surface area (Å²) in [4.78, 5) is 5.88. The summed E-state index contributed by atoms with van der Waals surface area (Å²) in [5.41, 5.74) is 3.61. The summed E-state index contributed by atoms with van der Waals surface area (Å²) < 4.78 is 1.84. The lowest BCUT2D eigenvalue weighted by Gasteiger charge is -2.20. The van der Waals surface area contributed by atoms with Crippen molar-refractivity contribution in [2.45, 2.75) is 19.4 Å². The lowest BCUT2D eigenvalue weighted by Crippen LogP contribution is -2.15. The zero-order valence-electron chi connectivity index (χ0n) is 13.4. The molecule has 0 aliphatic carbocycles. The molecule has 0 bridgehead atoms. The van der Waals surface area contributed by atoms with Crippen LogP contribution in [0.15, 0.2) is 66.4 Å². The number of nitrogens with one attached hydrogen (secondary N) is 1. The summed E-state index contributed by atoms with van der Waals surface area (Å²) in [6, 6.07) is 14.9. The highest BCUT2D eigenvalue weighted by atomic mass is 32.1. The molecule has 0 amide bonds. The molecule has 1 unspecified atom stereocenters. The first kappa shape index (κ1) is 14.9. The van der Waals surface area contributed by atoms with Crippen molar-refractivity contribution in [3.05, 3.63) is 82.4 Å². The summed E-state index contributed by atoms with van der Waals surface area (Å²) in [6.45, 7) is 2.17. The van der Waals surface area contributed by atoms with Gasteiger partial charge < -0.3 is 5.32 Å². The molecule has 4 nitrogen and oxygen atoms in total. The van der Waals surface area contributed by atoms with Gasteiger partial charge >= 0.3 is 0 Å². The highest BCUT2D eigenvalue weighted by molar-refractivity contribution is 7.10. The van der Waals surface area contributed by atoms with E-state index in [-0.39, 0.29) is 6.04 Å². The number of fused-ring (bicyclic) bond motifs is 1. The largest absolute Gasteiger partial charge is 0.360 e. The molecule has 3 aromatic heterocycles. The molecule has 24 heavy (non-hydrogen) atoms. The number of thiophene rings is 1. The number of nitrogens with zero attached hydrogens (tertiary/aromatic N) is 3. The normalized spacial score (nSPS) is 12.4. The molecule has 120 valence electrons. The van der Waals surface area contributed by atoms with Crippen LogP contribution in [0.5, 0.6) is 0 Å². The maximum Gasteiger partial charge on any atom is 0.152 e.